The number of ether oxygens (including phenoxy) is 1. The molecule has 1 aliphatic rings. The Morgan fingerprint density at radius 3 is 3.33 bits per heavy atom. The van der Waals surface area contributed by atoms with Crippen LogP contribution in [-0.2, 0) is 0 Å². The molecule has 0 amide bonds. The van der Waals surface area contributed by atoms with Gasteiger partial charge in [0.2, 0.25) is 5.88 Å². The molecule has 0 aliphatic carbocycles. The third-order valence-electron chi connectivity index (χ3n) is 2.53. The molecule has 1 atom stereocenters. The molecule has 0 saturated carbocycles. The van der Waals surface area contributed by atoms with E-state index in [2.05, 4.69) is 15.4 Å². The highest BCUT2D eigenvalue weighted by Gasteiger charge is 2.16. The van der Waals surface area contributed by atoms with Crippen molar-refractivity contribution in [2.45, 2.75) is 12.5 Å². The standard InChI is InChI=1S/C10H12N4O/c1-2-10(15-8-3-4-11-7-8)13-14-6-5-12-9(1)14/h1-2,5-6,8,11H,3-4,7H2. The summed E-state index contributed by atoms with van der Waals surface area (Å²) in [5.41, 5.74) is 0.840. The number of fused-ring (bicyclic) bond motifs is 1. The van der Waals surface area contributed by atoms with E-state index in [1.54, 1.807) is 10.7 Å². The predicted molar refractivity (Wildman–Crippen MR) is 54.9 cm³/mol. The smallest absolute Gasteiger partial charge is 0.232 e. The van der Waals surface area contributed by atoms with Gasteiger partial charge >= 0.3 is 0 Å². The van der Waals surface area contributed by atoms with Crippen LogP contribution in [0.4, 0.5) is 0 Å². The van der Waals surface area contributed by atoms with Crippen molar-refractivity contribution < 1.29 is 4.74 Å². The molecule has 0 radical (unpaired) electrons. The quantitative estimate of drug-likeness (QED) is 0.772. The number of hydrogen-bond donors (Lipinski definition) is 1. The molecule has 78 valence electrons. The lowest BCUT2D eigenvalue weighted by Gasteiger charge is -2.10. The van der Waals surface area contributed by atoms with Gasteiger partial charge < -0.3 is 10.1 Å². The maximum atomic E-state index is 5.73. The van der Waals surface area contributed by atoms with Crippen LogP contribution in [0.2, 0.25) is 0 Å². The van der Waals surface area contributed by atoms with E-state index in [1.807, 2.05) is 18.3 Å². The molecule has 0 aromatic carbocycles. The number of imidazole rings is 1. The maximum Gasteiger partial charge on any atom is 0.232 e. The van der Waals surface area contributed by atoms with E-state index in [0.29, 0.717) is 5.88 Å². The van der Waals surface area contributed by atoms with Crippen molar-refractivity contribution in [2.24, 2.45) is 0 Å². The summed E-state index contributed by atoms with van der Waals surface area (Å²) in [6.07, 6.45) is 4.83. The van der Waals surface area contributed by atoms with Crippen molar-refractivity contribution >= 4 is 5.65 Å². The molecular weight excluding hydrogens is 192 g/mol. The topological polar surface area (TPSA) is 51.5 Å². The molecule has 1 aliphatic heterocycles. The summed E-state index contributed by atoms with van der Waals surface area (Å²) < 4.78 is 7.45. The summed E-state index contributed by atoms with van der Waals surface area (Å²) in [4.78, 5) is 4.12. The van der Waals surface area contributed by atoms with E-state index in [4.69, 9.17) is 4.74 Å². The van der Waals surface area contributed by atoms with E-state index in [1.165, 1.54) is 0 Å². The number of nitrogens with zero attached hydrogens (tertiary/aromatic N) is 3. The Kier molecular flexibility index (Phi) is 2.03. The van der Waals surface area contributed by atoms with Crippen LogP contribution >= 0.6 is 0 Å². The fourth-order valence-corrected chi connectivity index (χ4v) is 1.76. The Balaban J connectivity index is 1.84. The molecule has 3 heterocycles. The lowest BCUT2D eigenvalue weighted by atomic mass is 10.3. The van der Waals surface area contributed by atoms with Crippen LogP contribution in [0, 0.1) is 0 Å². The Hall–Kier alpha value is -1.62. The zero-order valence-corrected chi connectivity index (χ0v) is 8.26. The minimum atomic E-state index is 0.249. The summed E-state index contributed by atoms with van der Waals surface area (Å²) in [6, 6.07) is 3.77. The van der Waals surface area contributed by atoms with Crippen LogP contribution in [0.25, 0.3) is 5.65 Å². The van der Waals surface area contributed by atoms with Crippen molar-refractivity contribution in [3.8, 4) is 5.88 Å². The third-order valence-corrected chi connectivity index (χ3v) is 2.53. The number of aromatic nitrogens is 3. The fraction of sp³-hybridized carbons (Fsp3) is 0.400. The van der Waals surface area contributed by atoms with Gasteiger partial charge in [-0.2, -0.15) is 0 Å². The summed E-state index contributed by atoms with van der Waals surface area (Å²) in [7, 11) is 0. The molecule has 0 spiro atoms. The van der Waals surface area contributed by atoms with Gasteiger partial charge in [0.1, 0.15) is 6.10 Å². The lowest BCUT2D eigenvalue weighted by molar-refractivity contribution is 0.211. The molecule has 5 heteroatoms. The Morgan fingerprint density at radius 1 is 1.47 bits per heavy atom. The van der Waals surface area contributed by atoms with E-state index in [9.17, 15) is 0 Å². The molecule has 5 nitrogen and oxygen atoms in total. The fourth-order valence-electron chi connectivity index (χ4n) is 1.76. The highest BCUT2D eigenvalue weighted by molar-refractivity contribution is 5.37. The summed E-state index contributed by atoms with van der Waals surface area (Å²) in [5.74, 6) is 0.661. The maximum absolute atomic E-state index is 5.73. The first kappa shape index (κ1) is 8.67. The summed E-state index contributed by atoms with van der Waals surface area (Å²) >= 11 is 0. The van der Waals surface area contributed by atoms with Crippen molar-refractivity contribution in [1.29, 1.82) is 0 Å². The molecule has 1 fully saturated rings. The summed E-state index contributed by atoms with van der Waals surface area (Å²) in [5, 5.41) is 7.56. The largest absolute Gasteiger partial charge is 0.472 e. The molecule has 1 N–H and O–H groups in total. The first-order chi connectivity index (χ1) is 7.42. The van der Waals surface area contributed by atoms with E-state index < -0.39 is 0 Å². The van der Waals surface area contributed by atoms with Crippen LogP contribution in [0.1, 0.15) is 6.42 Å². The molecule has 0 bridgehead atoms. The zero-order valence-electron chi connectivity index (χ0n) is 8.26. The van der Waals surface area contributed by atoms with Gasteiger partial charge in [0.15, 0.2) is 5.65 Å². The Bertz CT molecular complexity index is 461. The number of hydrogen-bond acceptors (Lipinski definition) is 4. The second-order valence-electron chi connectivity index (χ2n) is 3.63. The second kappa shape index (κ2) is 3.51. The van der Waals surface area contributed by atoms with Gasteiger partial charge in [-0.3, -0.25) is 0 Å². The molecule has 2 aromatic heterocycles. The van der Waals surface area contributed by atoms with Gasteiger partial charge in [0.05, 0.1) is 0 Å². The normalized spacial score (nSPS) is 20.9. The van der Waals surface area contributed by atoms with Crippen molar-refractivity contribution in [3.05, 3.63) is 24.5 Å². The van der Waals surface area contributed by atoms with Crippen LogP contribution in [-0.4, -0.2) is 33.8 Å². The monoisotopic (exact) mass is 204 g/mol. The minimum Gasteiger partial charge on any atom is -0.472 e. The second-order valence-corrected chi connectivity index (χ2v) is 3.63. The first-order valence-corrected chi connectivity index (χ1v) is 5.09. The molecule has 1 unspecified atom stereocenters. The van der Waals surface area contributed by atoms with Crippen LogP contribution in [0.5, 0.6) is 5.88 Å². The van der Waals surface area contributed by atoms with E-state index in [0.717, 1.165) is 25.2 Å². The number of nitrogens with one attached hydrogen (secondary N) is 1. The van der Waals surface area contributed by atoms with Crippen LogP contribution in [0.15, 0.2) is 24.5 Å². The molecule has 1 saturated heterocycles. The van der Waals surface area contributed by atoms with Gasteiger partial charge in [-0.15, -0.1) is 5.10 Å². The first-order valence-electron chi connectivity index (χ1n) is 5.09. The predicted octanol–water partition coefficient (Wildman–Crippen LogP) is 0.470. The average molecular weight is 204 g/mol. The highest BCUT2D eigenvalue weighted by atomic mass is 16.5. The molecule has 15 heavy (non-hydrogen) atoms. The summed E-state index contributed by atoms with van der Waals surface area (Å²) in [6.45, 7) is 1.93. The van der Waals surface area contributed by atoms with E-state index >= 15 is 0 Å². The van der Waals surface area contributed by atoms with Crippen LogP contribution in [0.3, 0.4) is 0 Å². The van der Waals surface area contributed by atoms with Crippen molar-refractivity contribution in [1.82, 2.24) is 19.9 Å². The minimum absolute atomic E-state index is 0.249. The lowest BCUT2D eigenvalue weighted by Crippen LogP contribution is -2.20. The van der Waals surface area contributed by atoms with Gasteiger partial charge in [-0.1, -0.05) is 0 Å². The molecule has 2 aromatic rings. The Morgan fingerprint density at radius 2 is 2.47 bits per heavy atom. The zero-order chi connectivity index (χ0) is 10.1. The van der Waals surface area contributed by atoms with Gasteiger partial charge in [-0.05, 0) is 19.0 Å². The third kappa shape index (κ3) is 1.66. The van der Waals surface area contributed by atoms with Crippen molar-refractivity contribution in [2.75, 3.05) is 13.1 Å². The van der Waals surface area contributed by atoms with Gasteiger partial charge in [-0.25, -0.2) is 9.50 Å². The van der Waals surface area contributed by atoms with Gasteiger partial charge in [0, 0.05) is 25.0 Å². The van der Waals surface area contributed by atoms with E-state index in [-0.39, 0.29) is 6.10 Å². The van der Waals surface area contributed by atoms with Gasteiger partial charge in [0.25, 0.3) is 0 Å². The van der Waals surface area contributed by atoms with Crippen molar-refractivity contribution in [3.63, 3.8) is 0 Å². The molecular formula is C10H12N4O. The highest BCUT2D eigenvalue weighted by Crippen LogP contribution is 2.12. The average Bonchev–Trinajstić information content (AvgIpc) is 2.87. The van der Waals surface area contributed by atoms with Crippen LogP contribution < -0.4 is 10.1 Å². The molecule has 3 rings (SSSR count). The number of rotatable bonds is 2. The Labute approximate surface area is 87.1 Å². The SMILES string of the molecule is c1cn2nc(OC3CCNC3)ccc2n1.